The van der Waals surface area contributed by atoms with Crippen LogP contribution in [-0.2, 0) is 11.8 Å². The number of azo groups is 1. The number of allylic oxidation sites excluding steroid dienone is 1. The van der Waals surface area contributed by atoms with E-state index in [-0.39, 0.29) is 6.04 Å². The fraction of sp³-hybridized carbons (Fsp3) is 0.559. The third kappa shape index (κ3) is 11.6. The van der Waals surface area contributed by atoms with Crippen LogP contribution in [0, 0.1) is 11.3 Å². The summed E-state index contributed by atoms with van der Waals surface area (Å²) in [5.74, 6) is 1.69. The molecule has 0 amide bonds. The molecule has 0 spiro atoms. The Morgan fingerprint density at radius 1 is 0.872 bits per heavy atom. The van der Waals surface area contributed by atoms with E-state index in [4.69, 9.17) is 9.47 Å². The zero-order valence-corrected chi connectivity index (χ0v) is 24.5. The minimum Gasteiger partial charge on any atom is -0.497 e. The van der Waals surface area contributed by atoms with Crippen LogP contribution in [0.15, 0.2) is 71.4 Å². The van der Waals surface area contributed by atoms with Crippen LogP contribution < -0.4 is 9.47 Å². The van der Waals surface area contributed by atoms with Gasteiger partial charge in [0, 0.05) is 7.05 Å². The van der Waals surface area contributed by atoms with Crippen molar-refractivity contribution in [3.63, 3.8) is 0 Å². The van der Waals surface area contributed by atoms with Gasteiger partial charge >= 0.3 is 0 Å². The highest BCUT2D eigenvalue weighted by atomic mass is 16.5. The second kappa shape index (κ2) is 19.0. The average Bonchev–Trinajstić information content (AvgIpc) is 2.98. The molecule has 0 bridgehead atoms. The highest BCUT2D eigenvalue weighted by Gasteiger charge is 2.32. The van der Waals surface area contributed by atoms with Gasteiger partial charge in [0.25, 0.3) is 0 Å². The summed E-state index contributed by atoms with van der Waals surface area (Å²) in [6, 6.07) is 19.2. The van der Waals surface area contributed by atoms with Gasteiger partial charge in [0.2, 0.25) is 0 Å². The first-order valence-electron chi connectivity index (χ1n) is 14.7. The third-order valence-corrected chi connectivity index (χ3v) is 7.67. The number of hydrogen-bond acceptors (Lipinski definition) is 5. The van der Waals surface area contributed by atoms with E-state index in [1.807, 2.05) is 30.3 Å². The molecule has 0 aromatic heterocycles. The van der Waals surface area contributed by atoms with E-state index >= 15 is 0 Å². The molecule has 2 rings (SSSR count). The summed E-state index contributed by atoms with van der Waals surface area (Å²) in [7, 11) is 5.13. The quantitative estimate of drug-likeness (QED) is 0.0915. The topological polar surface area (TPSA) is 67.0 Å². The van der Waals surface area contributed by atoms with Crippen molar-refractivity contribution in [2.24, 2.45) is 10.2 Å². The molecule has 0 saturated heterocycles. The Hall–Kier alpha value is -3.13. The molecule has 2 aromatic carbocycles. The lowest BCUT2D eigenvalue weighted by Gasteiger charge is -2.28. The van der Waals surface area contributed by atoms with Gasteiger partial charge in [-0.05, 0) is 86.8 Å². The minimum atomic E-state index is -0.515. The third-order valence-electron chi connectivity index (χ3n) is 7.67. The van der Waals surface area contributed by atoms with Crippen LogP contribution in [0.3, 0.4) is 0 Å². The number of nitriles is 1. The van der Waals surface area contributed by atoms with Gasteiger partial charge in [-0.2, -0.15) is 15.5 Å². The summed E-state index contributed by atoms with van der Waals surface area (Å²) in [6.45, 7) is 3.80. The van der Waals surface area contributed by atoms with Crippen molar-refractivity contribution in [2.75, 3.05) is 21.3 Å². The van der Waals surface area contributed by atoms with Crippen LogP contribution in [0.5, 0.6) is 11.5 Å². The van der Waals surface area contributed by atoms with E-state index in [1.165, 1.54) is 44.1 Å². The van der Waals surface area contributed by atoms with E-state index in [1.54, 1.807) is 21.3 Å². The summed E-state index contributed by atoms with van der Waals surface area (Å²) in [4.78, 5) is 0. The van der Waals surface area contributed by atoms with Gasteiger partial charge in [0.1, 0.15) is 11.5 Å². The highest BCUT2D eigenvalue weighted by molar-refractivity contribution is 5.38. The van der Waals surface area contributed by atoms with Gasteiger partial charge in [-0.1, -0.05) is 68.9 Å². The average molecular weight is 532 g/mol. The predicted octanol–water partition coefficient (Wildman–Crippen LogP) is 9.42. The van der Waals surface area contributed by atoms with Crippen molar-refractivity contribution < 1.29 is 9.47 Å². The maximum atomic E-state index is 10.5. The molecule has 0 aliphatic rings. The van der Waals surface area contributed by atoms with E-state index in [0.29, 0.717) is 0 Å². The number of aryl methyl sites for hydroxylation is 1. The van der Waals surface area contributed by atoms with Gasteiger partial charge in [0.15, 0.2) is 0 Å². The minimum absolute atomic E-state index is 0.143. The molecule has 0 aliphatic heterocycles. The van der Waals surface area contributed by atoms with Crippen LogP contribution in [0.2, 0.25) is 0 Å². The van der Waals surface area contributed by atoms with Crippen molar-refractivity contribution in [1.29, 1.82) is 5.26 Å². The SMILES string of the molecule is C=CCCCCCCCCCC(C#N)(CCCC(CCc1cccc(OC)c1)/N=N/C)c1cccc(OC)c1. The second-order valence-electron chi connectivity index (χ2n) is 10.5. The molecule has 0 radical (unpaired) electrons. The summed E-state index contributed by atoms with van der Waals surface area (Å²) in [6.07, 6.45) is 17.1. The number of hydrogen-bond donors (Lipinski definition) is 0. The molecular formula is C34H49N3O2. The zero-order chi connectivity index (χ0) is 28.2. The second-order valence-corrected chi connectivity index (χ2v) is 10.5. The molecule has 5 heteroatoms. The van der Waals surface area contributed by atoms with Crippen LogP contribution in [-0.4, -0.2) is 27.3 Å². The smallest absolute Gasteiger partial charge is 0.119 e. The Morgan fingerprint density at radius 2 is 1.51 bits per heavy atom. The largest absolute Gasteiger partial charge is 0.497 e. The Bertz CT molecular complexity index is 1030. The molecular weight excluding hydrogens is 482 g/mol. The van der Waals surface area contributed by atoms with Crippen LogP contribution in [0.4, 0.5) is 0 Å². The number of rotatable bonds is 21. The number of ether oxygens (including phenoxy) is 2. The first kappa shape index (κ1) is 32.1. The number of unbranched alkanes of at least 4 members (excludes halogenated alkanes) is 7. The predicted molar refractivity (Wildman–Crippen MR) is 162 cm³/mol. The van der Waals surface area contributed by atoms with E-state index in [2.05, 4.69) is 47.1 Å². The van der Waals surface area contributed by atoms with Gasteiger partial charge < -0.3 is 9.47 Å². The highest BCUT2D eigenvalue weighted by Crippen LogP contribution is 2.37. The fourth-order valence-corrected chi connectivity index (χ4v) is 5.33. The molecule has 0 N–H and O–H groups in total. The van der Waals surface area contributed by atoms with Gasteiger partial charge in [-0.15, -0.1) is 6.58 Å². The molecule has 5 nitrogen and oxygen atoms in total. The zero-order valence-electron chi connectivity index (χ0n) is 24.5. The van der Waals surface area contributed by atoms with E-state index < -0.39 is 5.41 Å². The molecule has 39 heavy (non-hydrogen) atoms. The van der Waals surface area contributed by atoms with Crippen molar-refractivity contribution in [1.82, 2.24) is 0 Å². The Labute approximate surface area is 237 Å². The van der Waals surface area contributed by atoms with Crippen molar-refractivity contribution >= 4 is 0 Å². The Balaban J connectivity index is 1.99. The molecule has 212 valence electrons. The molecule has 0 heterocycles. The number of nitrogens with zero attached hydrogens (tertiary/aromatic N) is 3. The van der Waals surface area contributed by atoms with Crippen LogP contribution in [0.1, 0.15) is 94.6 Å². The van der Waals surface area contributed by atoms with Gasteiger partial charge in [-0.25, -0.2) is 0 Å². The first-order chi connectivity index (χ1) is 19.1. The molecule has 2 atom stereocenters. The number of benzene rings is 2. The summed E-state index contributed by atoms with van der Waals surface area (Å²) < 4.78 is 10.9. The van der Waals surface area contributed by atoms with Gasteiger partial charge in [-0.3, -0.25) is 0 Å². The lowest BCUT2D eigenvalue weighted by atomic mass is 9.73. The van der Waals surface area contributed by atoms with Crippen molar-refractivity contribution in [3.8, 4) is 17.6 Å². The first-order valence-corrected chi connectivity index (χ1v) is 14.7. The van der Waals surface area contributed by atoms with E-state index in [0.717, 1.165) is 68.4 Å². The molecule has 0 fully saturated rings. The van der Waals surface area contributed by atoms with Crippen molar-refractivity contribution in [2.45, 2.75) is 101 Å². The lowest BCUT2D eigenvalue weighted by Crippen LogP contribution is -2.25. The molecule has 0 saturated carbocycles. The van der Waals surface area contributed by atoms with Crippen LogP contribution in [0.25, 0.3) is 0 Å². The monoisotopic (exact) mass is 531 g/mol. The number of methoxy groups -OCH3 is 2. The Morgan fingerprint density at radius 3 is 2.18 bits per heavy atom. The summed E-state index contributed by atoms with van der Waals surface area (Å²) in [5, 5.41) is 19.2. The van der Waals surface area contributed by atoms with Crippen LogP contribution >= 0.6 is 0 Å². The summed E-state index contributed by atoms with van der Waals surface area (Å²) >= 11 is 0. The summed E-state index contributed by atoms with van der Waals surface area (Å²) in [5.41, 5.74) is 1.80. The Kier molecular flexibility index (Phi) is 15.6. The lowest BCUT2D eigenvalue weighted by molar-refractivity contribution is 0.392. The fourth-order valence-electron chi connectivity index (χ4n) is 5.33. The normalized spacial score (nSPS) is 13.5. The van der Waals surface area contributed by atoms with E-state index in [9.17, 15) is 5.26 Å². The standard InChI is InChI=1S/C34H49N3O2/c1-5-6-7-8-9-10-11-12-13-24-34(28-35,30-18-15-21-33(27-30)39-4)25-16-19-31(37-36-2)23-22-29-17-14-20-32(26-29)38-3/h5,14-15,17-18,20-21,26-27,31H,1,6-13,16,19,22-25H2,2-4H3/b37-36+. The maximum absolute atomic E-state index is 10.5. The molecule has 2 unspecified atom stereocenters. The maximum Gasteiger partial charge on any atom is 0.119 e. The molecule has 2 aromatic rings. The molecule has 0 aliphatic carbocycles. The van der Waals surface area contributed by atoms with Crippen molar-refractivity contribution in [3.05, 3.63) is 72.3 Å². The van der Waals surface area contributed by atoms with Gasteiger partial charge in [0.05, 0.1) is 31.7 Å².